The summed E-state index contributed by atoms with van der Waals surface area (Å²) in [6.45, 7) is 4.02. The molecule has 1 rings (SSSR count). The molecular formula is C9H18O5. The highest BCUT2D eigenvalue weighted by molar-refractivity contribution is 4.86. The molecule has 5 heteroatoms. The quantitative estimate of drug-likeness (QED) is 0.565. The third-order valence-corrected chi connectivity index (χ3v) is 2.29. The minimum atomic E-state index is -1.21. The van der Waals surface area contributed by atoms with Crippen LogP contribution in [-0.2, 0) is 9.47 Å². The van der Waals surface area contributed by atoms with E-state index in [9.17, 15) is 15.3 Å². The zero-order valence-electron chi connectivity index (χ0n) is 8.46. The van der Waals surface area contributed by atoms with E-state index < -0.39 is 30.7 Å². The van der Waals surface area contributed by atoms with Gasteiger partial charge in [-0.3, -0.25) is 0 Å². The lowest BCUT2D eigenvalue weighted by Gasteiger charge is -2.38. The average Bonchev–Trinajstić information content (AvgIpc) is 2.18. The molecule has 0 aromatic carbocycles. The maximum Gasteiger partial charge on any atom is 0.186 e. The molecule has 0 spiro atoms. The second-order valence-electron chi connectivity index (χ2n) is 3.55. The maximum absolute atomic E-state index is 9.49. The van der Waals surface area contributed by atoms with Gasteiger partial charge in [0.25, 0.3) is 0 Å². The zero-order valence-corrected chi connectivity index (χ0v) is 8.46. The Morgan fingerprint density at radius 2 is 1.79 bits per heavy atom. The van der Waals surface area contributed by atoms with Crippen LogP contribution in [0.3, 0.4) is 0 Å². The molecule has 0 radical (unpaired) electrons. The highest BCUT2D eigenvalue weighted by Gasteiger charge is 2.42. The molecule has 5 nitrogen and oxygen atoms in total. The third kappa shape index (κ3) is 2.43. The van der Waals surface area contributed by atoms with Gasteiger partial charge in [0, 0.05) is 6.61 Å². The minimum absolute atomic E-state index is 0.456. The summed E-state index contributed by atoms with van der Waals surface area (Å²) in [4.78, 5) is 0. The summed E-state index contributed by atoms with van der Waals surface area (Å²) in [5.74, 6) is 0. The van der Waals surface area contributed by atoms with Crippen molar-refractivity contribution in [2.45, 2.75) is 51.0 Å². The van der Waals surface area contributed by atoms with Crippen molar-refractivity contribution in [3.05, 3.63) is 0 Å². The van der Waals surface area contributed by atoms with Gasteiger partial charge >= 0.3 is 0 Å². The van der Waals surface area contributed by atoms with Gasteiger partial charge < -0.3 is 24.8 Å². The molecule has 0 bridgehead atoms. The SMILES string of the molecule is CCCO[C@@H]1O[C@@H](C)[C@H](O)[C@@H](O)[C@H]1O. The van der Waals surface area contributed by atoms with Crippen LogP contribution in [0.5, 0.6) is 0 Å². The van der Waals surface area contributed by atoms with Crippen LogP contribution >= 0.6 is 0 Å². The summed E-state index contributed by atoms with van der Waals surface area (Å²) >= 11 is 0. The van der Waals surface area contributed by atoms with E-state index in [4.69, 9.17) is 9.47 Å². The van der Waals surface area contributed by atoms with Gasteiger partial charge in [0.15, 0.2) is 6.29 Å². The molecule has 1 heterocycles. The highest BCUT2D eigenvalue weighted by Crippen LogP contribution is 2.21. The maximum atomic E-state index is 9.49. The number of hydrogen-bond acceptors (Lipinski definition) is 5. The van der Waals surface area contributed by atoms with Crippen LogP contribution < -0.4 is 0 Å². The fraction of sp³-hybridized carbons (Fsp3) is 1.00. The van der Waals surface area contributed by atoms with Gasteiger partial charge in [-0.05, 0) is 13.3 Å². The Balaban J connectivity index is 2.52. The van der Waals surface area contributed by atoms with Crippen molar-refractivity contribution in [1.82, 2.24) is 0 Å². The summed E-state index contributed by atoms with van der Waals surface area (Å²) in [6.07, 6.45) is -4.03. The zero-order chi connectivity index (χ0) is 10.7. The van der Waals surface area contributed by atoms with Gasteiger partial charge in [-0.2, -0.15) is 0 Å². The molecule has 3 N–H and O–H groups in total. The Bertz CT molecular complexity index is 175. The van der Waals surface area contributed by atoms with Crippen molar-refractivity contribution in [2.75, 3.05) is 6.61 Å². The fourth-order valence-electron chi connectivity index (χ4n) is 1.39. The molecule has 5 atom stereocenters. The van der Waals surface area contributed by atoms with E-state index in [2.05, 4.69) is 0 Å². The number of aliphatic hydroxyl groups is 3. The first kappa shape index (κ1) is 11.9. The lowest BCUT2D eigenvalue weighted by Crippen LogP contribution is -2.57. The van der Waals surface area contributed by atoms with Gasteiger partial charge in [0.05, 0.1) is 6.10 Å². The Kier molecular flexibility index (Phi) is 4.28. The molecule has 0 amide bonds. The van der Waals surface area contributed by atoms with Gasteiger partial charge in [0.1, 0.15) is 18.3 Å². The van der Waals surface area contributed by atoms with Crippen molar-refractivity contribution in [2.24, 2.45) is 0 Å². The second-order valence-corrected chi connectivity index (χ2v) is 3.55. The van der Waals surface area contributed by atoms with E-state index in [1.165, 1.54) is 0 Å². The molecule has 0 aliphatic carbocycles. The number of ether oxygens (including phenoxy) is 2. The molecule has 0 aromatic heterocycles. The molecule has 1 saturated heterocycles. The van der Waals surface area contributed by atoms with Crippen LogP contribution in [0, 0.1) is 0 Å². The molecule has 84 valence electrons. The Morgan fingerprint density at radius 3 is 2.36 bits per heavy atom. The number of hydrogen-bond donors (Lipinski definition) is 3. The first-order valence-corrected chi connectivity index (χ1v) is 4.89. The minimum Gasteiger partial charge on any atom is -0.388 e. The van der Waals surface area contributed by atoms with E-state index in [0.29, 0.717) is 6.61 Å². The molecule has 0 aromatic rings. The summed E-state index contributed by atoms with van der Waals surface area (Å²) in [7, 11) is 0. The highest BCUT2D eigenvalue weighted by atomic mass is 16.7. The van der Waals surface area contributed by atoms with E-state index in [-0.39, 0.29) is 0 Å². The monoisotopic (exact) mass is 206 g/mol. The molecule has 0 saturated carbocycles. The summed E-state index contributed by atoms with van der Waals surface area (Å²) in [6, 6.07) is 0. The summed E-state index contributed by atoms with van der Waals surface area (Å²) in [5, 5.41) is 28.3. The number of rotatable bonds is 3. The van der Waals surface area contributed by atoms with Crippen LogP contribution in [0.4, 0.5) is 0 Å². The van der Waals surface area contributed by atoms with Crippen LogP contribution in [0.1, 0.15) is 20.3 Å². The Labute approximate surface area is 83.3 Å². The Morgan fingerprint density at radius 1 is 1.14 bits per heavy atom. The van der Waals surface area contributed by atoms with Gasteiger partial charge in [-0.25, -0.2) is 0 Å². The second kappa shape index (κ2) is 5.04. The fourth-order valence-corrected chi connectivity index (χ4v) is 1.39. The standard InChI is InChI=1S/C9H18O5/c1-3-4-13-9-8(12)7(11)6(10)5(2)14-9/h5-12H,3-4H2,1-2H3/t5-,6-,7+,8+,9+/m0/s1. The van der Waals surface area contributed by atoms with Crippen LogP contribution in [0.15, 0.2) is 0 Å². The van der Waals surface area contributed by atoms with E-state index >= 15 is 0 Å². The molecular weight excluding hydrogens is 188 g/mol. The predicted molar refractivity (Wildman–Crippen MR) is 48.6 cm³/mol. The van der Waals surface area contributed by atoms with Crippen LogP contribution in [0.25, 0.3) is 0 Å². The molecule has 1 aliphatic rings. The third-order valence-electron chi connectivity index (χ3n) is 2.29. The van der Waals surface area contributed by atoms with E-state index in [1.54, 1.807) is 6.92 Å². The molecule has 1 fully saturated rings. The van der Waals surface area contributed by atoms with Crippen molar-refractivity contribution >= 4 is 0 Å². The molecule has 1 aliphatic heterocycles. The first-order valence-electron chi connectivity index (χ1n) is 4.89. The lowest BCUT2D eigenvalue weighted by atomic mass is 10.0. The van der Waals surface area contributed by atoms with E-state index in [0.717, 1.165) is 6.42 Å². The summed E-state index contributed by atoms with van der Waals surface area (Å²) < 4.78 is 10.4. The van der Waals surface area contributed by atoms with Crippen molar-refractivity contribution in [3.8, 4) is 0 Å². The van der Waals surface area contributed by atoms with Gasteiger partial charge in [0.2, 0.25) is 0 Å². The first-order chi connectivity index (χ1) is 6.57. The topological polar surface area (TPSA) is 79.2 Å². The van der Waals surface area contributed by atoms with Crippen molar-refractivity contribution < 1.29 is 24.8 Å². The van der Waals surface area contributed by atoms with Crippen molar-refractivity contribution in [1.29, 1.82) is 0 Å². The lowest BCUT2D eigenvalue weighted by molar-refractivity contribution is -0.293. The molecule has 0 unspecified atom stereocenters. The molecule has 14 heavy (non-hydrogen) atoms. The van der Waals surface area contributed by atoms with E-state index in [1.807, 2.05) is 6.92 Å². The average molecular weight is 206 g/mol. The number of aliphatic hydroxyl groups excluding tert-OH is 3. The largest absolute Gasteiger partial charge is 0.388 e. The van der Waals surface area contributed by atoms with Gasteiger partial charge in [-0.1, -0.05) is 6.92 Å². The normalized spacial score (nSPS) is 43.9. The van der Waals surface area contributed by atoms with Crippen molar-refractivity contribution in [3.63, 3.8) is 0 Å². The van der Waals surface area contributed by atoms with Gasteiger partial charge in [-0.15, -0.1) is 0 Å². The summed E-state index contributed by atoms with van der Waals surface area (Å²) in [5.41, 5.74) is 0. The van der Waals surface area contributed by atoms with Crippen LogP contribution in [0.2, 0.25) is 0 Å². The smallest absolute Gasteiger partial charge is 0.186 e. The Hall–Kier alpha value is -0.200. The van der Waals surface area contributed by atoms with Crippen LogP contribution in [-0.4, -0.2) is 52.6 Å². The predicted octanol–water partition coefficient (Wildman–Crippen LogP) is -0.760.